The van der Waals surface area contributed by atoms with E-state index in [1.807, 2.05) is 0 Å². The van der Waals surface area contributed by atoms with E-state index in [4.69, 9.17) is 0 Å². The monoisotopic (exact) mass is 155 g/mol. The van der Waals surface area contributed by atoms with Crippen LogP contribution in [-0.2, 0) is 4.79 Å². The van der Waals surface area contributed by atoms with E-state index in [-0.39, 0.29) is 17.4 Å². The van der Waals surface area contributed by atoms with Crippen molar-refractivity contribution < 1.29 is 4.79 Å². The second-order valence-electron chi connectivity index (χ2n) is 4.43. The molecule has 1 saturated heterocycles. The first-order chi connectivity index (χ1) is 4.92. The van der Waals surface area contributed by atoms with Crippen LogP contribution in [0.3, 0.4) is 0 Å². The second-order valence-corrected chi connectivity index (χ2v) is 4.43. The van der Waals surface area contributed by atoms with E-state index in [0.717, 1.165) is 6.42 Å². The molecular formula is C9H17NO. The minimum Gasteiger partial charge on any atom is -0.351 e. The summed E-state index contributed by atoms with van der Waals surface area (Å²) < 4.78 is 0. The molecule has 2 heteroatoms. The van der Waals surface area contributed by atoms with Crippen LogP contribution < -0.4 is 5.32 Å². The Balaban J connectivity index is 2.67. The third-order valence-electron chi connectivity index (χ3n) is 2.33. The molecule has 1 amide bonds. The van der Waals surface area contributed by atoms with Gasteiger partial charge in [-0.25, -0.2) is 0 Å². The Bertz CT molecular complexity index is 172. The zero-order valence-corrected chi connectivity index (χ0v) is 7.77. The van der Waals surface area contributed by atoms with Crippen LogP contribution in [0, 0.1) is 11.8 Å². The Labute approximate surface area is 68.4 Å². The molecule has 1 aliphatic rings. The smallest absolute Gasteiger partial charge is 0.223 e. The largest absolute Gasteiger partial charge is 0.351 e. The van der Waals surface area contributed by atoms with Crippen molar-refractivity contribution in [3.63, 3.8) is 0 Å². The van der Waals surface area contributed by atoms with Gasteiger partial charge in [0, 0.05) is 11.5 Å². The fourth-order valence-electron chi connectivity index (χ4n) is 1.66. The van der Waals surface area contributed by atoms with Crippen molar-refractivity contribution in [2.75, 3.05) is 0 Å². The Morgan fingerprint density at radius 3 is 2.27 bits per heavy atom. The predicted octanol–water partition coefficient (Wildman–Crippen LogP) is 1.56. The lowest BCUT2D eigenvalue weighted by Crippen LogP contribution is -2.34. The summed E-state index contributed by atoms with van der Waals surface area (Å²) in [5, 5.41) is 2.99. The number of hydrogen-bond donors (Lipinski definition) is 1. The van der Waals surface area contributed by atoms with E-state index in [9.17, 15) is 4.79 Å². The summed E-state index contributed by atoms with van der Waals surface area (Å²) >= 11 is 0. The van der Waals surface area contributed by atoms with Crippen molar-refractivity contribution in [3.05, 3.63) is 0 Å². The van der Waals surface area contributed by atoms with Crippen LogP contribution >= 0.6 is 0 Å². The average molecular weight is 155 g/mol. The molecule has 0 aromatic carbocycles. The van der Waals surface area contributed by atoms with Crippen LogP contribution in [0.1, 0.15) is 34.1 Å². The van der Waals surface area contributed by atoms with Crippen molar-refractivity contribution in [3.8, 4) is 0 Å². The highest BCUT2D eigenvalue weighted by Gasteiger charge is 2.38. The molecule has 1 atom stereocenters. The maximum atomic E-state index is 11.3. The number of carbonyl (C=O) groups is 1. The fraction of sp³-hybridized carbons (Fsp3) is 0.889. The molecule has 1 unspecified atom stereocenters. The average Bonchev–Trinajstić information content (AvgIpc) is 2.05. The number of hydrogen-bond acceptors (Lipinski definition) is 1. The molecule has 1 N–H and O–H groups in total. The van der Waals surface area contributed by atoms with Crippen molar-refractivity contribution in [1.29, 1.82) is 0 Å². The minimum absolute atomic E-state index is 0.0199. The van der Waals surface area contributed by atoms with Gasteiger partial charge in [0.1, 0.15) is 0 Å². The predicted molar refractivity (Wildman–Crippen MR) is 45.2 cm³/mol. The molecule has 2 nitrogen and oxygen atoms in total. The van der Waals surface area contributed by atoms with Gasteiger partial charge in [-0.3, -0.25) is 4.79 Å². The van der Waals surface area contributed by atoms with Crippen molar-refractivity contribution in [1.82, 2.24) is 5.32 Å². The summed E-state index contributed by atoms with van der Waals surface area (Å²) in [7, 11) is 0. The molecule has 0 aromatic heterocycles. The highest BCUT2D eigenvalue weighted by Crippen LogP contribution is 2.29. The van der Waals surface area contributed by atoms with E-state index in [1.165, 1.54) is 0 Å². The number of rotatable bonds is 1. The SMILES string of the molecule is CC(C)C1CC(C)(C)NC1=O. The molecule has 0 radical (unpaired) electrons. The Morgan fingerprint density at radius 1 is 1.55 bits per heavy atom. The van der Waals surface area contributed by atoms with Crippen LogP contribution in [0.15, 0.2) is 0 Å². The molecule has 1 aliphatic heterocycles. The minimum atomic E-state index is 0.0199. The summed E-state index contributed by atoms with van der Waals surface area (Å²) in [6.45, 7) is 8.36. The van der Waals surface area contributed by atoms with Gasteiger partial charge >= 0.3 is 0 Å². The Kier molecular flexibility index (Phi) is 1.95. The molecule has 64 valence electrons. The van der Waals surface area contributed by atoms with Gasteiger partial charge in [0.2, 0.25) is 5.91 Å². The fourth-order valence-corrected chi connectivity index (χ4v) is 1.66. The van der Waals surface area contributed by atoms with Crippen LogP contribution in [0.2, 0.25) is 0 Å². The van der Waals surface area contributed by atoms with Crippen LogP contribution in [0.5, 0.6) is 0 Å². The molecule has 0 spiro atoms. The third kappa shape index (κ3) is 1.73. The summed E-state index contributed by atoms with van der Waals surface area (Å²) in [5.74, 6) is 0.923. The normalized spacial score (nSPS) is 29.2. The quantitative estimate of drug-likeness (QED) is 0.611. The van der Waals surface area contributed by atoms with Gasteiger partial charge in [-0.05, 0) is 26.2 Å². The van der Waals surface area contributed by atoms with Crippen LogP contribution in [-0.4, -0.2) is 11.4 Å². The van der Waals surface area contributed by atoms with Gasteiger partial charge in [0.25, 0.3) is 0 Å². The van der Waals surface area contributed by atoms with E-state index in [2.05, 4.69) is 33.0 Å². The first kappa shape index (κ1) is 8.57. The van der Waals surface area contributed by atoms with E-state index < -0.39 is 0 Å². The van der Waals surface area contributed by atoms with Gasteiger partial charge in [-0.2, -0.15) is 0 Å². The van der Waals surface area contributed by atoms with Crippen molar-refractivity contribution in [2.24, 2.45) is 11.8 Å². The highest BCUT2D eigenvalue weighted by molar-refractivity contribution is 5.82. The molecule has 1 rings (SSSR count). The zero-order chi connectivity index (χ0) is 8.65. The first-order valence-electron chi connectivity index (χ1n) is 4.24. The Morgan fingerprint density at radius 2 is 2.09 bits per heavy atom. The maximum Gasteiger partial charge on any atom is 0.223 e. The number of nitrogens with one attached hydrogen (secondary N) is 1. The molecule has 1 heterocycles. The van der Waals surface area contributed by atoms with Gasteiger partial charge in [-0.15, -0.1) is 0 Å². The molecule has 0 aromatic rings. The summed E-state index contributed by atoms with van der Waals surface area (Å²) in [6, 6.07) is 0. The number of carbonyl (C=O) groups excluding carboxylic acids is 1. The maximum absolute atomic E-state index is 11.3. The lowest BCUT2D eigenvalue weighted by Gasteiger charge is -2.17. The summed E-state index contributed by atoms with van der Waals surface area (Å²) in [4.78, 5) is 11.3. The van der Waals surface area contributed by atoms with E-state index >= 15 is 0 Å². The molecule has 11 heavy (non-hydrogen) atoms. The summed E-state index contributed by atoms with van der Waals surface area (Å²) in [6.07, 6.45) is 0.976. The molecule has 1 fully saturated rings. The van der Waals surface area contributed by atoms with E-state index in [0.29, 0.717) is 5.92 Å². The molecule has 0 saturated carbocycles. The third-order valence-corrected chi connectivity index (χ3v) is 2.33. The van der Waals surface area contributed by atoms with Crippen LogP contribution in [0.25, 0.3) is 0 Å². The first-order valence-corrected chi connectivity index (χ1v) is 4.24. The van der Waals surface area contributed by atoms with Crippen molar-refractivity contribution >= 4 is 5.91 Å². The van der Waals surface area contributed by atoms with Gasteiger partial charge in [0.05, 0.1) is 0 Å². The standard InChI is InChI=1S/C9H17NO/c1-6(2)7-5-9(3,4)10-8(7)11/h6-7H,5H2,1-4H3,(H,10,11). The second kappa shape index (κ2) is 2.50. The molecule has 0 bridgehead atoms. The van der Waals surface area contributed by atoms with E-state index in [1.54, 1.807) is 0 Å². The molecular weight excluding hydrogens is 138 g/mol. The van der Waals surface area contributed by atoms with Gasteiger partial charge in [0.15, 0.2) is 0 Å². The van der Waals surface area contributed by atoms with Gasteiger partial charge in [-0.1, -0.05) is 13.8 Å². The molecule has 0 aliphatic carbocycles. The summed E-state index contributed by atoms with van der Waals surface area (Å²) in [5.41, 5.74) is 0.0199. The lowest BCUT2D eigenvalue weighted by atomic mass is 9.89. The van der Waals surface area contributed by atoms with Crippen molar-refractivity contribution in [2.45, 2.75) is 39.7 Å². The zero-order valence-electron chi connectivity index (χ0n) is 7.77. The Hall–Kier alpha value is -0.530. The van der Waals surface area contributed by atoms with Crippen LogP contribution in [0.4, 0.5) is 0 Å². The van der Waals surface area contributed by atoms with Gasteiger partial charge < -0.3 is 5.32 Å². The highest BCUT2D eigenvalue weighted by atomic mass is 16.2. The topological polar surface area (TPSA) is 29.1 Å². The lowest BCUT2D eigenvalue weighted by molar-refractivity contribution is -0.123. The number of amides is 1.